The molecule has 0 fully saturated rings. The molecule has 0 aromatic heterocycles. The number of rotatable bonds is 3. The summed E-state index contributed by atoms with van der Waals surface area (Å²) in [4.78, 5) is 10.4. The maximum atomic E-state index is 10.4. The van der Waals surface area contributed by atoms with Gasteiger partial charge in [-0.15, -0.1) is 0 Å². The largest absolute Gasteiger partial charge is 0.302 e. The molecule has 0 amide bonds. The molecule has 9 heavy (non-hydrogen) atoms. The Hall–Kier alpha value is 0.150. The number of alkyl halides is 1. The predicted molar refractivity (Wildman–Crippen MR) is 42.9 cm³/mol. The van der Waals surface area contributed by atoms with E-state index in [1.807, 2.05) is 6.92 Å². The minimum Gasteiger partial charge on any atom is -0.302 e. The third-order valence-electron chi connectivity index (χ3n) is 1.81. The Bertz CT molecular complexity index is 99.1. The van der Waals surface area contributed by atoms with Gasteiger partial charge in [0.15, 0.2) is 0 Å². The molecule has 0 spiro atoms. The molecule has 2 heteroatoms. The van der Waals surface area contributed by atoms with Gasteiger partial charge in [-0.1, -0.05) is 36.2 Å². The molecule has 0 saturated carbocycles. The fourth-order valence-corrected chi connectivity index (χ4v) is 0.839. The second kappa shape index (κ2) is 3.35. The van der Waals surface area contributed by atoms with Crippen molar-refractivity contribution in [3.05, 3.63) is 0 Å². The normalized spacial score (nSPS) is 20.4. The Kier molecular flexibility index (Phi) is 3.41. The topological polar surface area (TPSA) is 17.1 Å². The van der Waals surface area contributed by atoms with Crippen LogP contribution >= 0.6 is 15.9 Å². The Morgan fingerprint density at radius 2 is 2.22 bits per heavy atom. The molecule has 0 aliphatic rings. The van der Waals surface area contributed by atoms with Crippen molar-refractivity contribution in [1.29, 1.82) is 0 Å². The highest BCUT2D eigenvalue weighted by atomic mass is 79.9. The smallest absolute Gasteiger partial charge is 0.136 e. The Morgan fingerprint density at radius 3 is 2.33 bits per heavy atom. The van der Waals surface area contributed by atoms with E-state index in [-0.39, 0.29) is 4.32 Å². The van der Waals surface area contributed by atoms with Crippen molar-refractivity contribution in [2.75, 3.05) is 0 Å². The zero-order chi connectivity index (χ0) is 7.49. The molecule has 0 aliphatic heterocycles. The first-order chi connectivity index (χ1) is 4.04. The number of hydrogen-bond acceptors (Lipinski definition) is 1. The average molecular weight is 193 g/mol. The van der Waals surface area contributed by atoms with Crippen molar-refractivity contribution in [3.63, 3.8) is 0 Å². The summed E-state index contributed by atoms with van der Waals surface area (Å²) in [6, 6.07) is 0. The summed E-state index contributed by atoms with van der Waals surface area (Å²) in [5.74, 6) is 0.412. The lowest BCUT2D eigenvalue weighted by Gasteiger charge is -2.21. The van der Waals surface area contributed by atoms with Gasteiger partial charge in [-0.05, 0) is 12.8 Å². The van der Waals surface area contributed by atoms with Gasteiger partial charge in [0.1, 0.15) is 6.29 Å². The molecular weight excluding hydrogens is 180 g/mol. The Balaban J connectivity index is 3.95. The molecule has 1 nitrogen and oxygen atoms in total. The highest BCUT2D eigenvalue weighted by Crippen LogP contribution is 2.26. The number of hydrogen-bond donors (Lipinski definition) is 0. The van der Waals surface area contributed by atoms with Crippen LogP contribution in [-0.2, 0) is 4.79 Å². The summed E-state index contributed by atoms with van der Waals surface area (Å²) in [7, 11) is 0. The van der Waals surface area contributed by atoms with E-state index in [2.05, 4.69) is 29.8 Å². The zero-order valence-corrected chi connectivity index (χ0v) is 7.73. The van der Waals surface area contributed by atoms with Crippen LogP contribution in [-0.4, -0.2) is 10.6 Å². The van der Waals surface area contributed by atoms with Crippen LogP contribution in [0.3, 0.4) is 0 Å². The molecule has 0 N–H and O–H groups in total. The lowest BCUT2D eigenvalue weighted by molar-refractivity contribution is -0.110. The van der Waals surface area contributed by atoms with Crippen LogP contribution in [0.1, 0.15) is 27.2 Å². The standard InChI is InChI=1S/C7H13BrO/c1-4-6(2)7(3,8)5-9/h5-6H,4H2,1-3H3. The molecule has 0 radical (unpaired) electrons. The van der Waals surface area contributed by atoms with Gasteiger partial charge in [-0.3, -0.25) is 0 Å². The maximum absolute atomic E-state index is 10.4. The van der Waals surface area contributed by atoms with E-state index in [0.717, 1.165) is 12.7 Å². The van der Waals surface area contributed by atoms with E-state index in [4.69, 9.17) is 0 Å². The van der Waals surface area contributed by atoms with Gasteiger partial charge >= 0.3 is 0 Å². The number of carbonyl (C=O) groups excluding carboxylic acids is 1. The molecule has 0 saturated heterocycles. The first-order valence-electron chi connectivity index (χ1n) is 3.19. The second-order valence-corrected chi connectivity index (χ2v) is 4.29. The highest BCUT2D eigenvalue weighted by Gasteiger charge is 2.25. The minimum absolute atomic E-state index is 0.318. The van der Waals surface area contributed by atoms with Crippen molar-refractivity contribution in [2.45, 2.75) is 31.5 Å². The first kappa shape index (κ1) is 9.15. The van der Waals surface area contributed by atoms with Crippen LogP contribution in [0.4, 0.5) is 0 Å². The van der Waals surface area contributed by atoms with Crippen molar-refractivity contribution in [3.8, 4) is 0 Å². The summed E-state index contributed by atoms with van der Waals surface area (Å²) < 4.78 is -0.318. The minimum atomic E-state index is -0.318. The molecule has 2 atom stereocenters. The van der Waals surface area contributed by atoms with E-state index in [0.29, 0.717) is 5.92 Å². The third kappa shape index (κ3) is 2.48. The van der Waals surface area contributed by atoms with Crippen molar-refractivity contribution in [1.82, 2.24) is 0 Å². The molecule has 54 valence electrons. The summed E-state index contributed by atoms with van der Waals surface area (Å²) in [5, 5.41) is 0. The van der Waals surface area contributed by atoms with Gasteiger partial charge in [-0.25, -0.2) is 0 Å². The molecule has 0 rings (SSSR count). The summed E-state index contributed by atoms with van der Waals surface area (Å²) in [6.07, 6.45) is 1.99. The third-order valence-corrected chi connectivity index (χ3v) is 2.77. The maximum Gasteiger partial charge on any atom is 0.136 e. The van der Waals surface area contributed by atoms with Crippen molar-refractivity contribution in [2.24, 2.45) is 5.92 Å². The SMILES string of the molecule is CCC(C)C(C)(Br)C=O. The van der Waals surface area contributed by atoms with Crippen LogP contribution in [0.25, 0.3) is 0 Å². The molecule has 2 unspecified atom stereocenters. The highest BCUT2D eigenvalue weighted by molar-refractivity contribution is 9.10. The Morgan fingerprint density at radius 1 is 1.78 bits per heavy atom. The van der Waals surface area contributed by atoms with Gasteiger partial charge in [-0.2, -0.15) is 0 Å². The van der Waals surface area contributed by atoms with E-state index in [1.165, 1.54) is 0 Å². The second-order valence-electron chi connectivity index (χ2n) is 2.58. The van der Waals surface area contributed by atoms with Crippen molar-refractivity contribution >= 4 is 22.2 Å². The molecule has 0 heterocycles. The monoisotopic (exact) mass is 192 g/mol. The molecule has 0 aromatic rings. The van der Waals surface area contributed by atoms with Crippen LogP contribution < -0.4 is 0 Å². The number of aldehydes is 1. The van der Waals surface area contributed by atoms with Gasteiger partial charge < -0.3 is 4.79 Å². The van der Waals surface area contributed by atoms with Gasteiger partial charge in [0.2, 0.25) is 0 Å². The van der Waals surface area contributed by atoms with E-state index in [1.54, 1.807) is 0 Å². The van der Waals surface area contributed by atoms with Crippen LogP contribution in [0, 0.1) is 5.92 Å². The average Bonchev–Trinajstić information content (AvgIpc) is 1.86. The Labute approximate surface area is 65.0 Å². The molecule has 0 aromatic carbocycles. The summed E-state index contributed by atoms with van der Waals surface area (Å²) in [6.45, 7) is 6.03. The van der Waals surface area contributed by atoms with E-state index in [9.17, 15) is 4.79 Å². The van der Waals surface area contributed by atoms with Gasteiger partial charge in [0.05, 0.1) is 4.32 Å². The molecular formula is C7H13BrO. The van der Waals surface area contributed by atoms with Crippen LogP contribution in [0.5, 0.6) is 0 Å². The van der Waals surface area contributed by atoms with Crippen LogP contribution in [0.15, 0.2) is 0 Å². The fourth-order valence-electron chi connectivity index (χ4n) is 0.515. The molecule has 0 bridgehead atoms. The number of halogens is 1. The summed E-state index contributed by atoms with van der Waals surface area (Å²) in [5.41, 5.74) is 0. The predicted octanol–water partition coefficient (Wildman–Crippen LogP) is 2.39. The zero-order valence-electron chi connectivity index (χ0n) is 6.15. The summed E-state index contributed by atoms with van der Waals surface area (Å²) >= 11 is 3.34. The van der Waals surface area contributed by atoms with Gasteiger partial charge in [0.25, 0.3) is 0 Å². The fraction of sp³-hybridized carbons (Fsp3) is 0.857. The molecule has 0 aliphatic carbocycles. The van der Waals surface area contributed by atoms with E-state index < -0.39 is 0 Å². The van der Waals surface area contributed by atoms with E-state index >= 15 is 0 Å². The lowest BCUT2D eigenvalue weighted by atomic mass is 9.95. The lowest BCUT2D eigenvalue weighted by Crippen LogP contribution is -2.26. The first-order valence-corrected chi connectivity index (χ1v) is 3.99. The quantitative estimate of drug-likeness (QED) is 0.496. The van der Waals surface area contributed by atoms with Crippen LogP contribution in [0.2, 0.25) is 0 Å². The van der Waals surface area contributed by atoms with Crippen molar-refractivity contribution < 1.29 is 4.79 Å². The number of carbonyl (C=O) groups is 1. The van der Waals surface area contributed by atoms with Gasteiger partial charge in [0, 0.05) is 0 Å².